The summed E-state index contributed by atoms with van der Waals surface area (Å²) in [6, 6.07) is 8.43. The molecule has 1 saturated heterocycles. The summed E-state index contributed by atoms with van der Waals surface area (Å²) < 4.78 is 5.53. The molecule has 22 heavy (non-hydrogen) atoms. The number of nitrogens with zero attached hydrogens (tertiary/aromatic N) is 2. The average molecular weight is 299 g/mol. The second-order valence-corrected chi connectivity index (χ2v) is 5.66. The number of carbonyl (C=O) groups is 2. The average Bonchev–Trinajstić information content (AvgIpc) is 3.09. The maximum atomic E-state index is 12.4. The summed E-state index contributed by atoms with van der Waals surface area (Å²) in [5, 5.41) is 11.6. The Hall–Kier alpha value is -2.55. The van der Waals surface area contributed by atoms with Crippen molar-refractivity contribution in [3.05, 3.63) is 29.8 Å². The van der Waals surface area contributed by atoms with Gasteiger partial charge in [0.25, 0.3) is 5.91 Å². The first kappa shape index (κ1) is 14.4. The molecule has 6 nitrogen and oxygen atoms in total. The van der Waals surface area contributed by atoms with E-state index in [1.54, 1.807) is 24.3 Å². The molecule has 2 aliphatic rings. The summed E-state index contributed by atoms with van der Waals surface area (Å²) in [4.78, 5) is 25.6. The number of amides is 3. The molecule has 0 atom stereocenters. The van der Waals surface area contributed by atoms with Gasteiger partial charge in [0, 0.05) is 0 Å². The van der Waals surface area contributed by atoms with Gasteiger partial charge in [0.1, 0.15) is 17.9 Å². The Bertz CT molecular complexity index is 627. The van der Waals surface area contributed by atoms with Gasteiger partial charge < -0.3 is 10.1 Å². The van der Waals surface area contributed by atoms with Crippen LogP contribution in [0.3, 0.4) is 0 Å². The fraction of sp³-hybridized carbons (Fsp3) is 0.438. The molecule has 1 N–H and O–H groups in total. The van der Waals surface area contributed by atoms with Crippen LogP contribution in [0.2, 0.25) is 0 Å². The molecule has 3 amide bonds. The van der Waals surface area contributed by atoms with Crippen LogP contribution < -0.4 is 10.1 Å². The minimum absolute atomic E-state index is 0.126. The molecule has 6 heteroatoms. The van der Waals surface area contributed by atoms with Gasteiger partial charge in [-0.15, -0.1) is 0 Å². The number of benzene rings is 1. The van der Waals surface area contributed by atoms with Crippen LogP contribution in [0.4, 0.5) is 4.79 Å². The SMILES string of the molecule is N#Cc1ccc(OCCN2C(=O)NC3(CCCC3)C2=O)cc1. The van der Waals surface area contributed by atoms with Crippen LogP contribution in [0, 0.1) is 11.3 Å². The third kappa shape index (κ3) is 2.50. The number of rotatable bonds is 4. The summed E-state index contributed by atoms with van der Waals surface area (Å²) in [7, 11) is 0. The van der Waals surface area contributed by atoms with Crippen molar-refractivity contribution in [2.24, 2.45) is 0 Å². The highest BCUT2D eigenvalue weighted by atomic mass is 16.5. The standard InChI is InChI=1S/C16H17N3O3/c17-11-12-3-5-13(6-4-12)22-10-9-19-14(20)16(18-15(19)21)7-1-2-8-16/h3-6H,1-2,7-10H2,(H,18,21). The third-order valence-electron chi connectivity index (χ3n) is 4.27. The van der Waals surface area contributed by atoms with Crippen LogP contribution in [0.5, 0.6) is 5.75 Å². The van der Waals surface area contributed by atoms with Crippen LogP contribution in [0.1, 0.15) is 31.2 Å². The molecule has 114 valence electrons. The molecule has 3 rings (SSSR count). The molecule has 0 aromatic heterocycles. The second-order valence-electron chi connectivity index (χ2n) is 5.66. The maximum absolute atomic E-state index is 12.4. The predicted octanol–water partition coefficient (Wildman–Crippen LogP) is 1.80. The Morgan fingerprint density at radius 1 is 1.23 bits per heavy atom. The molecule has 1 aromatic carbocycles. The lowest BCUT2D eigenvalue weighted by atomic mass is 9.98. The third-order valence-corrected chi connectivity index (χ3v) is 4.27. The van der Waals surface area contributed by atoms with Crippen LogP contribution in [-0.4, -0.2) is 35.5 Å². The van der Waals surface area contributed by atoms with E-state index in [0.717, 1.165) is 25.7 Å². The summed E-state index contributed by atoms with van der Waals surface area (Å²) >= 11 is 0. The van der Waals surface area contributed by atoms with E-state index in [1.807, 2.05) is 6.07 Å². The van der Waals surface area contributed by atoms with E-state index in [0.29, 0.717) is 11.3 Å². The van der Waals surface area contributed by atoms with Gasteiger partial charge in [0.2, 0.25) is 0 Å². The number of hydrogen-bond acceptors (Lipinski definition) is 4. The van der Waals surface area contributed by atoms with Crippen molar-refractivity contribution in [2.75, 3.05) is 13.2 Å². The Kier molecular flexibility index (Phi) is 3.72. The normalized spacial score (nSPS) is 19.3. The molecule has 1 aliphatic carbocycles. The highest BCUT2D eigenvalue weighted by molar-refractivity contribution is 6.07. The topological polar surface area (TPSA) is 82.4 Å². The first-order chi connectivity index (χ1) is 10.6. The predicted molar refractivity (Wildman–Crippen MR) is 78.1 cm³/mol. The van der Waals surface area contributed by atoms with Crippen LogP contribution in [0.15, 0.2) is 24.3 Å². The quantitative estimate of drug-likeness (QED) is 0.859. The zero-order chi connectivity index (χ0) is 15.6. The van der Waals surface area contributed by atoms with Gasteiger partial charge in [-0.1, -0.05) is 12.8 Å². The van der Waals surface area contributed by atoms with E-state index in [4.69, 9.17) is 10.00 Å². The van der Waals surface area contributed by atoms with Crippen molar-refractivity contribution in [3.8, 4) is 11.8 Å². The van der Waals surface area contributed by atoms with Crippen LogP contribution >= 0.6 is 0 Å². The Morgan fingerprint density at radius 2 is 1.91 bits per heavy atom. The molecule has 1 spiro atoms. The zero-order valence-corrected chi connectivity index (χ0v) is 12.2. The van der Waals surface area contributed by atoms with E-state index in [2.05, 4.69) is 5.32 Å². The van der Waals surface area contributed by atoms with Crippen molar-refractivity contribution in [1.82, 2.24) is 10.2 Å². The molecule has 0 bridgehead atoms. The lowest BCUT2D eigenvalue weighted by molar-refractivity contribution is -0.131. The summed E-state index contributed by atoms with van der Waals surface area (Å²) in [6.45, 7) is 0.466. The Morgan fingerprint density at radius 3 is 2.55 bits per heavy atom. The Balaban J connectivity index is 1.56. The number of urea groups is 1. The van der Waals surface area contributed by atoms with Gasteiger partial charge in [-0.25, -0.2) is 4.79 Å². The van der Waals surface area contributed by atoms with Crippen molar-refractivity contribution < 1.29 is 14.3 Å². The van der Waals surface area contributed by atoms with Crippen molar-refractivity contribution in [1.29, 1.82) is 5.26 Å². The number of nitrogens with one attached hydrogen (secondary N) is 1. The van der Waals surface area contributed by atoms with E-state index < -0.39 is 5.54 Å². The monoisotopic (exact) mass is 299 g/mol. The largest absolute Gasteiger partial charge is 0.492 e. The summed E-state index contributed by atoms with van der Waals surface area (Å²) in [5.41, 5.74) is -0.101. The lowest BCUT2D eigenvalue weighted by Gasteiger charge is -2.20. The number of carbonyl (C=O) groups excluding carboxylic acids is 2. The van der Waals surface area contributed by atoms with Crippen molar-refractivity contribution in [2.45, 2.75) is 31.2 Å². The molecule has 2 fully saturated rings. The maximum Gasteiger partial charge on any atom is 0.325 e. The fourth-order valence-corrected chi connectivity index (χ4v) is 3.08. The number of hydrogen-bond donors (Lipinski definition) is 1. The van der Waals surface area contributed by atoms with E-state index >= 15 is 0 Å². The van der Waals surface area contributed by atoms with Crippen molar-refractivity contribution >= 4 is 11.9 Å². The fourth-order valence-electron chi connectivity index (χ4n) is 3.08. The highest BCUT2D eigenvalue weighted by Crippen LogP contribution is 2.34. The van der Waals surface area contributed by atoms with E-state index in [1.165, 1.54) is 4.90 Å². The van der Waals surface area contributed by atoms with Gasteiger partial charge in [-0.2, -0.15) is 5.26 Å². The lowest BCUT2D eigenvalue weighted by Crippen LogP contribution is -2.44. The summed E-state index contributed by atoms with van der Waals surface area (Å²) in [6.07, 6.45) is 3.40. The minimum Gasteiger partial charge on any atom is -0.492 e. The van der Waals surface area contributed by atoms with Gasteiger partial charge in [-0.3, -0.25) is 9.69 Å². The molecule has 1 aliphatic heterocycles. The molecule has 1 heterocycles. The molecular formula is C16H17N3O3. The van der Waals surface area contributed by atoms with Gasteiger partial charge in [0.15, 0.2) is 0 Å². The number of imide groups is 1. The molecular weight excluding hydrogens is 282 g/mol. The van der Waals surface area contributed by atoms with Crippen LogP contribution in [-0.2, 0) is 4.79 Å². The highest BCUT2D eigenvalue weighted by Gasteiger charge is 2.52. The number of ether oxygens (including phenoxy) is 1. The molecule has 0 radical (unpaired) electrons. The first-order valence-electron chi connectivity index (χ1n) is 7.42. The molecule has 0 unspecified atom stereocenters. The minimum atomic E-state index is -0.661. The van der Waals surface area contributed by atoms with Crippen LogP contribution in [0.25, 0.3) is 0 Å². The summed E-state index contributed by atoms with van der Waals surface area (Å²) in [5.74, 6) is 0.486. The van der Waals surface area contributed by atoms with E-state index in [9.17, 15) is 9.59 Å². The van der Waals surface area contributed by atoms with Gasteiger partial charge in [-0.05, 0) is 37.1 Å². The van der Waals surface area contributed by atoms with Crippen molar-refractivity contribution in [3.63, 3.8) is 0 Å². The molecule has 1 aromatic rings. The first-order valence-corrected chi connectivity index (χ1v) is 7.42. The number of nitriles is 1. The van der Waals surface area contributed by atoms with E-state index in [-0.39, 0.29) is 25.1 Å². The Labute approximate surface area is 128 Å². The zero-order valence-electron chi connectivity index (χ0n) is 12.2. The van der Waals surface area contributed by atoms with Gasteiger partial charge >= 0.3 is 6.03 Å². The second kappa shape index (κ2) is 5.68. The molecule has 1 saturated carbocycles. The van der Waals surface area contributed by atoms with Gasteiger partial charge in [0.05, 0.1) is 18.2 Å². The smallest absolute Gasteiger partial charge is 0.325 e.